The maximum atomic E-state index is 5.09. The molecule has 1 aromatic heterocycles. The van der Waals surface area contributed by atoms with E-state index < -0.39 is 0 Å². The van der Waals surface area contributed by atoms with Gasteiger partial charge in [-0.3, -0.25) is 0 Å². The van der Waals surface area contributed by atoms with E-state index in [1.54, 1.807) is 7.11 Å². The van der Waals surface area contributed by atoms with Crippen LogP contribution in [0.3, 0.4) is 0 Å². The fourth-order valence-electron chi connectivity index (χ4n) is 0.863. The zero-order valence-corrected chi connectivity index (χ0v) is 8.43. The number of hydrogen-bond acceptors (Lipinski definition) is 2. The van der Waals surface area contributed by atoms with Crippen molar-refractivity contribution in [3.05, 3.63) is 18.2 Å². The molecule has 0 bridgehead atoms. The molecule has 4 heteroatoms. The van der Waals surface area contributed by atoms with Crippen molar-refractivity contribution in [3.63, 3.8) is 0 Å². The van der Waals surface area contributed by atoms with Gasteiger partial charge in [0.1, 0.15) is 0 Å². The van der Waals surface area contributed by atoms with Crippen LogP contribution in [0.25, 0.3) is 10.2 Å². The second kappa shape index (κ2) is 2.89. The van der Waals surface area contributed by atoms with Crippen LogP contribution in [0.5, 0.6) is 5.75 Å². The van der Waals surface area contributed by atoms with E-state index in [-0.39, 0.29) is 0 Å². The monoisotopic (exact) mass is 232 g/mol. The second-order valence-corrected chi connectivity index (χ2v) is 5.21. The molecule has 0 fully saturated rings. The zero-order valence-electron chi connectivity index (χ0n) is 5.90. The van der Waals surface area contributed by atoms with Crippen molar-refractivity contribution in [2.75, 3.05) is 7.11 Å². The topological polar surface area (TPSA) is 22.1 Å². The van der Waals surface area contributed by atoms with E-state index in [1.807, 2.05) is 27.9 Å². The van der Waals surface area contributed by atoms with Crippen molar-refractivity contribution in [1.29, 1.82) is 0 Å². The van der Waals surface area contributed by atoms with Gasteiger partial charge in [-0.25, -0.2) is 0 Å². The number of ether oxygens (including phenoxy) is 1. The molecule has 0 spiro atoms. The minimum atomic E-state index is 0.356. The first-order valence-corrected chi connectivity index (χ1v) is 6.73. The molecular weight excluding hydrogens is 225 g/mol. The third-order valence-corrected chi connectivity index (χ3v) is 4.57. The molecule has 56 valence electrons. The Morgan fingerprint density at radius 1 is 1.55 bits per heavy atom. The molecule has 0 atom stereocenters. The Hall–Kier alpha value is -0.441. The number of benzene rings is 1. The summed E-state index contributed by atoms with van der Waals surface area (Å²) in [4.78, 5) is 0. The number of rotatable bonds is 1. The summed E-state index contributed by atoms with van der Waals surface area (Å²) < 4.78 is 10.7. The molecular formula is C7H6NOSSe+. The normalized spacial score (nSPS) is 10.3. The third kappa shape index (κ3) is 1.29. The molecule has 0 aliphatic rings. The molecule has 0 amide bonds. The quantitative estimate of drug-likeness (QED) is 0.550. The Bertz CT molecular complexity index is 373. The van der Waals surface area contributed by atoms with Gasteiger partial charge in [0.05, 0.1) is 0 Å². The molecule has 1 aromatic carbocycles. The van der Waals surface area contributed by atoms with E-state index in [2.05, 4.69) is 3.98 Å². The molecule has 0 aliphatic heterocycles. The fourth-order valence-corrected chi connectivity index (χ4v) is 3.97. The second-order valence-electron chi connectivity index (χ2n) is 2.08. The predicted octanol–water partition coefficient (Wildman–Crippen LogP) is 1.64. The van der Waals surface area contributed by atoms with Crippen molar-refractivity contribution in [2.45, 2.75) is 0 Å². The molecule has 0 saturated heterocycles. The summed E-state index contributed by atoms with van der Waals surface area (Å²) in [6.45, 7) is 0. The summed E-state index contributed by atoms with van der Waals surface area (Å²) in [5, 5.41) is 0. The van der Waals surface area contributed by atoms with Gasteiger partial charge in [-0.2, -0.15) is 0 Å². The number of aromatic nitrogens is 1. The van der Waals surface area contributed by atoms with E-state index in [1.165, 1.54) is 4.70 Å². The van der Waals surface area contributed by atoms with Gasteiger partial charge in [0.25, 0.3) is 0 Å². The van der Waals surface area contributed by atoms with Gasteiger partial charge in [0.15, 0.2) is 0 Å². The Kier molecular flexibility index (Phi) is 1.90. The summed E-state index contributed by atoms with van der Waals surface area (Å²) in [5.74, 6) is 0.921. The first kappa shape index (κ1) is 7.22. The van der Waals surface area contributed by atoms with Crippen molar-refractivity contribution in [2.24, 2.45) is 0 Å². The van der Waals surface area contributed by atoms with Gasteiger partial charge in [-0.1, -0.05) is 0 Å². The van der Waals surface area contributed by atoms with Crippen molar-refractivity contribution in [1.82, 2.24) is 3.98 Å². The molecule has 2 nitrogen and oxygen atoms in total. The third-order valence-electron chi connectivity index (χ3n) is 1.43. The number of hydrogen-bond donors (Lipinski definition) is 0. The van der Waals surface area contributed by atoms with Gasteiger partial charge in [0.2, 0.25) is 0 Å². The van der Waals surface area contributed by atoms with Gasteiger partial charge >= 0.3 is 73.3 Å². The van der Waals surface area contributed by atoms with Crippen LogP contribution in [0.15, 0.2) is 18.2 Å². The van der Waals surface area contributed by atoms with E-state index in [9.17, 15) is 0 Å². The van der Waals surface area contributed by atoms with Crippen molar-refractivity contribution in [3.8, 4) is 5.75 Å². The van der Waals surface area contributed by atoms with E-state index in [0.29, 0.717) is 13.6 Å². The Balaban J connectivity index is 2.67. The molecule has 0 radical (unpaired) electrons. The van der Waals surface area contributed by atoms with Crippen LogP contribution in [-0.2, 0) is 0 Å². The molecule has 1 heterocycles. The molecule has 0 N–H and O–H groups in total. The SMILES string of the molecule is COc1ccc2n[se][s+]c2c1. The summed E-state index contributed by atoms with van der Waals surface area (Å²) in [7, 11) is 3.50. The minimum absolute atomic E-state index is 0.356. The first-order chi connectivity index (χ1) is 5.40. The van der Waals surface area contributed by atoms with Gasteiger partial charge in [-0.15, -0.1) is 0 Å². The standard InChI is InChI=1S/C7H6NOSSe/c1-9-5-2-3-6-7(4-5)10-11-8-6/h2-4H,1H3/q+1. The number of fused-ring (bicyclic) bond motifs is 1. The molecule has 11 heavy (non-hydrogen) atoms. The van der Waals surface area contributed by atoms with Crippen LogP contribution in [0.4, 0.5) is 0 Å². The molecule has 0 unspecified atom stereocenters. The predicted molar refractivity (Wildman–Crippen MR) is 47.5 cm³/mol. The van der Waals surface area contributed by atoms with E-state index in [0.717, 1.165) is 11.3 Å². The van der Waals surface area contributed by atoms with Crippen LogP contribution in [0, 0.1) is 0 Å². The Morgan fingerprint density at radius 2 is 2.45 bits per heavy atom. The van der Waals surface area contributed by atoms with E-state index >= 15 is 0 Å². The van der Waals surface area contributed by atoms with Gasteiger partial charge in [-0.05, 0) is 0 Å². The van der Waals surface area contributed by atoms with E-state index in [4.69, 9.17) is 4.74 Å². The molecule has 2 aromatic rings. The van der Waals surface area contributed by atoms with Crippen molar-refractivity contribution < 1.29 is 4.74 Å². The molecule has 0 aliphatic carbocycles. The number of nitrogens with zero attached hydrogens (tertiary/aromatic N) is 1. The summed E-state index contributed by atoms with van der Waals surface area (Å²) in [6, 6.07) is 6.00. The maximum absolute atomic E-state index is 5.09. The Morgan fingerprint density at radius 3 is 3.27 bits per heavy atom. The van der Waals surface area contributed by atoms with Crippen LogP contribution < -0.4 is 4.74 Å². The summed E-state index contributed by atoms with van der Waals surface area (Å²) in [5.41, 5.74) is 1.12. The van der Waals surface area contributed by atoms with Gasteiger partial charge < -0.3 is 0 Å². The summed E-state index contributed by atoms with van der Waals surface area (Å²) in [6.07, 6.45) is 0. The van der Waals surface area contributed by atoms with Crippen LogP contribution >= 0.6 is 9.72 Å². The first-order valence-electron chi connectivity index (χ1n) is 3.13. The average molecular weight is 231 g/mol. The van der Waals surface area contributed by atoms with Crippen LogP contribution in [0.2, 0.25) is 0 Å². The summed E-state index contributed by atoms with van der Waals surface area (Å²) >= 11 is 0.356. The number of methoxy groups -OCH3 is 1. The van der Waals surface area contributed by atoms with Gasteiger partial charge in [0, 0.05) is 0 Å². The van der Waals surface area contributed by atoms with Crippen LogP contribution in [-0.4, -0.2) is 24.7 Å². The molecule has 2 rings (SSSR count). The molecule has 0 saturated carbocycles. The average Bonchev–Trinajstić information content (AvgIpc) is 2.50. The fraction of sp³-hybridized carbons (Fsp3) is 0.143. The van der Waals surface area contributed by atoms with Crippen LogP contribution in [0.1, 0.15) is 0 Å². The Labute approximate surface area is 73.5 Å². The zero-order chi connectivity index (χ0) is 7.68. The van der Waals surface area contributed by atoms with Crippen molar-refractivity contribution >= 4 is 33.5 Å².